The molecule has 1 aliphatic heterocycles. The van der Waals surface area contributed by atoms with E-state index in [1.807, 2.05) is 45.0 Å². The predicted octanol–water partition coefficient (Wildman–Crippen LogP) is 3.58. The highest BCUT2D eigenvalue weighted by atomic mass is 32.2. The van der Waals surface area contributed by atoms with E-state index in [1.165, 1.54) is 9.87 Å². The third-order valence-corrected chi connectivity index (χ3v) is 7.33. The molecule has 5 nitrogen and oxygen atoms in total. The number of carbonyl (C=O) groups excluding carboxylic acids is 1. The van der Waals surface area contributed by atoms with Crippen LogP contribution in [0.4, 0.5) is 0 Å². The lowest BCUT2D eigenvalue weighted by molar-refractivity contribution is -0.126. The molecule has 1 N–H and O–H groups in total. The largest absolute Gasteiger partial charge is 0.349 e. The van der Waals surface area contributed by atoms with Gasteiger partial charge in [0.05, 0.1) is 10.9 Å². The van der Waals surface area contributed by atoms with E-state index in [1.54, 1.807) is 24.3 Å². The summed E-state index contributed by atoms with van der Waals surface area (Å²) in [6, 6.07) is 15.0. The molecule has 0 bridgehead atoms. The van der Waals surface area contributed by atoms with Gasteiger partial charge >= 0.3 is 0 Å². The Morgan fingerprint density at radius 1 is 0.964 bits per heavy atom. The van der Waals surface area contributed by atoms with Gasteiger partial charge in [0.15, 0.2) is 0 Å². The molecule has 1 saturated heterocycles. The summed E-state index contributed by atoms with van der Waals surface area (Å²) in [5.41, 5.74) is 3.28. The van der Waals surface area contributed by atoms with Gasteiger partial charge in [-0.2, -0.15) is 4.31 Å². The van der Waals surface area contributed by atoms with Crippen molar-refractivity contribution < 1.29 is 13.2 Å². The first-order valence-electron chi connectivity index (χ1n) is 9.71. The number of carbonyl (C=O) groups is 1. The van der Waals surface area contributed by atoms with Crippen molar-refractivity contribution in [2.45, 2.75) is 44.6 Å². The zero-order chi connectivity index (χ0) is 20.3. The van der Waals surface area contributed by atoms with Gasteiger partial charge in [0.1, 0.15) is 0 Å². The second kappa shape index (κ2) is 8.45. The average Bonchev–Trinajstić information content (AvgIpc) is 2.69. The maximum atomic E-state index is 12.8. The number of benzene rings is 2. The molecule has 2 aromatic rings. The van der Waals surface area contributed by atoms with E-state index in [2.05, 4.69) is 5.32 Å². The zero-order valence-corrected chi connectivity index (χ0v) is 17.5. The molecule has 1 atom stereocenters. The molecule has 0 saturated carbocycles. The fourth-order valence-corrected chi connectivity index (χ4v) is 4.96. The van der Waals surface area contributed by atoms with Gasteiger partial charge in [-0.1, -0.05) is 47.5 Å². The topological polar surface area (TPSA) is 66.5 Å². The molecule has 1 aliphatic rings. The van der Waals surface area contributed by atoms with Crippen molar-refractivity contribution in [1.29, 1.82) is 0 Å². The number of hydrogen-bond acceptors (Lipinski definition) is 3. The fraction of sp³-hybridized carbons (Fsp3) is 0.409. The van der Waals surface area contributed by atoms with Crippen LogP contribution in [-0.4, -0.2) is 31.7 Å². The van der Waals surface area contributed by atoms with Crippen LogP contribution in [0.1, 0.15) is 42.5 Å². The molecule has 0 aliphatic carbocycles. The number of nitrogens with one attached hydrogen (secondary N) is 1. The minimum atomic E-state index is -3.50. The van der Waals surface area contributed by atoms with E-state index in [-0.39, 0.29) is 17.9 Å². The minimum absolute atomic E-state index is 0.000425. The third-order valence-electron chi connectivity index (χ3n) is 5.42. The summed E-state index contributed by atoms with van der Waals surface area (Å²) in [7, 11) is -3.50. The van der Waals surface area contributed by atoms with Crippen LogP contribution in [0, 0.1) is 19.8 Å². The molecule has 150 valence electrons. The lowest BCUT2D eigenvalue weighted by Crippen LogP contribution is -2.43. The molecule has 1 amide bonds. The fourth-order valence-electron chi connectivity index (χ4n) is 3.49. The van der Waals surface area contributed by atoms with E-state index < -0.39 is 10.0 Å². The van der Waals surface area contributed by atoms with Crippen molar-refractivity contribution in [1.82, 2.24) is 9.62 Å². The van der Waals surface area contributed by atoms with Gasteiger partial charge in [0.25, 0.3) is 0 Å². The van der Waals surface area contributed by atoms with Gasteiger partial charge in [0.2, 0.25) is 15.9 Å². The van der Waals surface area contributed by atoms with E-state index in [0.717, 1.165) is 11.1 Å². The standard InChI is InChI=1S/C22H28N2O3S/c1-16-4-8-19(9-5-16)18(3)23-22(25)20-12-14-24(15-13-20)28(26,27)21-10-6-17(2)7-11-21/h4-11,18,20H,12-15H2,1-3H3,(H,23,25)/t18-/m0/s1. The molecule has 1 heterocycles. The van der Waals surface area contributed by atoms with Crippen molar-refractivity contribution in [3.63, 3.8) is 0 Å². The molecular formula is C22H28N2O3S. The molecule has 3 rings (SSSR count). The number of rotatable bonds is 5. The Morgan fingerprint density at radius 3 is 2.00 bits per heavy atom. The Balaban J connectivity index is 1.57. The summed E-state index contributed by atoms with van der Waals surface area (Å²) < 4.78 is 27.1. The lowest BCUT2D eigenvalue weighted by Gasteiger charge is -2.31. The number of sulfonamides is 1. The van der Waals surface area contributed by atoms with Crippen LogP contribution < -0.4 is 5.32 Å². The monoisotopic (exact) mass is 400 g/mol. The number of aryl methyl sites for hydroxylation is 2. The van der Waals surface area contributed by atoms with Gasteiger partial charge in [-0.25, -0.2) is 8.42 Å². The molecule has 0 spiro atoms. The first kappa shape index (κ1) is 20.6. The summed E-state index contributed by atoms with van der Waals surface area (Å²) in [4.78, 5) is 12.9. The molecule has 0 unspecified atom stereocenters. The molecule has 1 fully saturated rings. The molecule has 2 aromatic carbocycles. The second-order valence-electron chi connectivity index (χ2n) is 7.63. The third kappa shape index (κ3) is 4.62. The van der Waals surface area contributed by atoms with Gasteiger partial charge < -0.3 is 5.32 Å². The molecule has 0 aromatic heterocycles. The Labute approximate surface area is 167 Å². The Bertz CT molecular complexity index is 913. The van der Waals surface area contributed by atoms with Crippen molar-refractivity contribution in [3.05, 3.63) is 65.2 Å². The number of amides is 1. The van der Waals surface area contributed by atoms with Crippen LogP contribution >= 0.6 is 0 Å². The SMILES string of the molecule is Cc1ccc([C@H](C)NC(=O)C2CCN(S(=O)(=O)c3ccc(C)cc3)CC2)cc1. The second-order valence-corrected chi connectivity index (χ2v) is 9.57. The first-order valence-corrected chi connectivity index (χ1v) is 11.1. The number of piperidine rings is 1. The summed E-state index contributed by atoms with van der Waals surface area (Å²) >= 11 is 0. The zero-order valence-electron chi connectivity index (χ0n) is 16.7. The first-order chi connectivity index (χ1) is 13.3. The van der Waals surface area contributed by atoms with Crippen molar-refractivity contribution in [3.8, 4) is 0 Å². The van der Waals surface area contributed by atoms with Crippen molar-refractivity contribution >= 4 is 15.9 Å². The minimum Gasteiger partial charge on any atom is -0.349 e. The van der Waals surface area contributed by atoms with Crippen LogP contribution in [-0.2, 0) is 14.8 Å². The number of nitrogens with zero attached hydrogens (tertiary/aromatic N) is 1. The quantitative estimate of drug-likeness (QED) is 0.834. The average molecular weight is 401 g/mol. The van der Waals surface area contributed by atoms with Gasteiger partial charge in [-0.3, -0.25) is 4.79 Å². The van der Waals surface area contributed by atoms with Crippen LogP contribution in [0.5, 0.6) is 0 Å². The summed E-state index contributed by atoms with van der Waals surface area (Å²) in [5.74, 6) is -0.155. The molecule has 6 heteroatoms. The van der Waals surface area contributed by atoms with E-state index in [9.17, 15) is 13.2 Å². The van der Waals surface area contributed by atoms with Crippen LogP contribution in [0.25, 0.3) is 0 Å². The van der Waals surface area contributed by atoms with Crippen molar-refractivity contribution in [2.75, 3.05) is 13.1 Å². The predicted molar refractivity (Wildman–Crippen MR) is 110 cm³/mol. The Kier molecular flexibility index (Phi) is 6.20. The van der Waals surface area contributed by atoms with Crippen LogP contribution in [0.15, 0.2) is 53.4 Å². The normalized spacial score (nSPS) is 17.2. The summed E-state index contributed by atoms with van der Waals surface area (Å²) in [6.45, 7) is 6.67. The highest BCUT2D eigenvalue weighted by molar-refractivity contribution is 7.89. The Morgan fingerprint density at radius 2 is 1.46 bits per heavy atom. The van der Waals surface area contributed by atoms with Crippen LogP contribution in [0.3, 0.4) is 0 Å². The summed E-state index contributed by atoms with van der Waals surface area (Å²) in [6.07, 6.45) is 1.08. The molecule has 28 heavy (non-hydrogen) atoms. The van der Waals surface area contributed by atoms with Gasteiger partial charge in [-0.05, 0) is 51.3 Å². The van der Waals surface area contributed by atoms with Gasteiger partial charge in [0, 0.05) is 19.0 Å². The summed E-state index contributed by atoms with van der Waals surface area (Å²) in [5, 5.41) is 3.07. The maximum absolute atomic E-state index is 12.8. The Hall–Kier alpha value is -2.18. The van der Waals surface area contributed by atoms with Gasteiger partial charge in [-0.15, -0.1) is 0 Å². The van der Waals surface area contributed by atoms with E-state index >= 15 is 0 Å². The molecule has 0 radical (unpaired) electrons. The number of hydrogen-bond donors (Lipinski definition) is 1. The van der Waals surface area contributed by atoms with E-state index in [4.69, 9.17) is 0 Å². The molecular weight excluding hydrogens is 372 g/mol. The van der Waals surface area contributed by atoms with Crippen LogP contribution in [0.2, 0.25) is 0 Å². The van der Waals surface area contributed by atoms with Crippen molar-refractivity contribution in [2.24, 2.45) is 5.92 Å². The van der Waals surface area contributed by atoms with E-state index in [0.29, 0.717) is 30.8 Å². The lowest BCUT2D eigenvalue weighted by atomic mass is 9.96. The highest BCUT2D eigenvalue weighted by Gasteiger charge is 2.32. The maximum Gasteiger partial charge on any atom is 0.243 e. The highest BCUT2D eigenvalue weighted by Crippen LogP contribution is 2.25. The smallest absolute Gasteiger partial charge is 0.243 e.